The Hall–Kier alpha value is -1.63. The van der Waals surface area contributed by atoms with Crippen LogP contribution in [0.5, 0.6) is 0 Å². The van der Waals surface area contributed by atoms with Crippen LogP contribution in [0.1, 0.15) is 57.1 Å². The predicted molar refractivity (Wildman–Crippen MR) is 78.1 cm³/mol. The average molecular weight is 270 g/mol. The lowest BCUT2D eigenvalue weighted by molar-refractivity contribution is 0.337. The lowest BCUT2D eigenvalue weighted by atomic mass is 9.86. The first-order valence-electron chi connectivity index (χ1n) is 7.86. The minimum Gasteiger partial charge on any atom is -0.364 e. The van der Waals surface area contributed by atoms with Gasteiger partial charge in [-0.2, -0.15) is 5.26 Å². The van der Waals surface area contributed by atoms with E-state index in [4.69, 9.17) is 5.26 Å². The summed E-state index contributed by atoms with van der Waals surface area (Å²) in [5.41, 5.74) is 0.425. The number of rotatable bonds is 4. The molecule has 1 heterocycles. The summed E-state index contributed by atoms with van der Waals surface area (Å²) in [4.78, 5) is 8.45. The average Bonchev–Trinajstić information content (AvgIpc) is 3.18. The first-order valence-corrected chi connectivity index (χ1v) is 7.86. The van der Waals surface area contributed by atoms with Crippen molar-refractivity contribution in [3.63, 3.8) is 0 Å². The van der Waals surface area contributed by atoms with Crippen LogP contribution >= 0.6 is 0 Å². The van der Waals surface area contributed by atoms with Gasteiger partial charge in [0.2, 0.25) is 0 Å². The molecule has 4 nitrogen and oxygen atoms in total. The Morgan fingerprint density at radius 3 is 2.10 bits per heavy atom. The van der Waals surface area contributed by atoms with Crippen molar-refractivity contribution < 1.29 is 0 Å². The molecule has 0 spiro atoms. The molecule has 1 N–H and O–H groups in total. The van der Waals surface area contributed by atoms with Crippen LogP contribution in [0.25, 0.3) is 0 Å². The zero-order valence-corrected chi connectivity index (χ0v) is 11.9. The van der Waals surface area contributed by atoms with Gasteiger partial charge in [0.1, 0.15) is 6.07 Å². The molecule has 0 aromatic carbocycles. The fourth-order valence-corrected chi connectivity index (χ4v) is 3.94. The lowest BCUT2D eigenvalue weighted by Gasteiger charge is -2.30. The number of aromatic nitrogens is 2. The molecule has 1 aromatic heterocycles. The van der Waals surface area contributed by atoms with Gasteiger partial charge in [-0.3, -0.25) is 0 Å². The summed E-state index contributed by atoms with van der Waals surface area (Å²) in [5, 5.41) is 12.8. The lowest BCUT2D eigenvalue weighted by Crippen LogP contribution is -2.35. The van der Waals surface area contributed by atoms with Crippen LogP contribution in [0.3, 0.4) is 0 Å². The van der Waals surface area contributed by atoms with Crippen LogP contribution in [-0.4, -0.2) is 16.0 Å². The number of nitrogens with zero attached hydrogens (tertiary/aromatic N) is 3. The van der Waals surface area contributed by atoms with Gasteiger partial charge in [-0.25, -0.2) is 9.97 Å². The summed E-state index contributed by atoms with van der Waals surface area (Å²) < 4.78 is 0. The number of nitrogens with one attached hydrogen (secondary N) is 1. The molecular formula is C16H22N4. The molecule has 0 bridgehead atoms. The van der Waals surface area contributed by atoms with Gasteiger partial charge in [0.25, 0.3) is 0 Å². The van der Waals surface area contributed by atoms with Crippen LogP contribution in [0.4, 0.5) is 5.82 Å². The van der Waals surface area contributed by atoms with Crippen molar-refractivity contribution >= 4 is 5.82 Å². The van der Waals surface area contributed by atoms with Crippen molar-refractivity contribution in [2.75, 3.05) is 5.32 Å². The molecule has 0 saturated heterocycles. The molecule has 3 rings (SSSR count). The maximum atomic E-state index is 9.17. The molecule has 2 saturated carbocycles. The van der Waals surface area contributed by atoms with Gasteiger partial charge >= 0.3 is 0 Å². The van der Waals surface area contributed by atoms with E-state index >= 15 is 0 Å². The maximum absolute atomic E-state index is 9.17. The summed E-state index contributed by atoms with van der Waals surface area (Å²) in [7, 11) is 0. The summed E-state index contributed by atoms with van der Waals surface area (Å²) in [6.45, 7) is 0. The number of hydrogen-bond donors (Lipinski definition) is 1. The Labute approximate surface area is 120 Å². The second-order valence-electron chi connectivity index (χ2n) is 6.12. The standard InChI is InChI=1S/C16H22N4/c17-11-14-16(19-10-9-18-14)20-15(12-5-1-2-6-12)13-7-3-4-8-13/h9-10,12-13,15H,1-8H2,(H,19,20). The Morgan fingerprint density at radius 1 is 1.00 bits per heavy atom. The molecule has 0 atom stereocenters. The van der Waals surface area contributed by atoms with Crippen molar-refractivity contribution in [1.29, 1.82) is 5.26 Å². The van der Waals surface area contributed by atoms with Gasteiger partial charge in [-0.05, 0) is 37.5 Å². The Bertz CT molecular complexity index is 465. The molecule has 0 unspecified atom stereocenters. The van der Waals surface area contributed by atoms with E-state index in [9.17, 15) is 0 Å². The highest BCUT2D eigenvalue weighted by molar-refractivity contribution is 5.47. The van der Waals surface area contributed by atoms with Crippen LogP contribution in [0, 0.1) is 23.2 Å². The predicted octanol–water partition coefficient (Wildman–Crippen LogP) is 3.51. The smallest absolute Gasteiger partial charge is 0.182 e. The van der Waals surface area contributed by atoms with E-state index in [0.717, 1.165) is 11.8 Å². The van der Waals surface area contributed by atoms with E-state index in [2.05, 4.69) is 21.4 Å². The van der Waals surface area contributed by atoms with E-state index in [1.165, 1.54) is 51.4 Å². The highest BCUT2D eigenvalue weighted by atomic mass is 15.0. The summed E-state index contributed by atoms with van der Waals surface area (Å²) >= 11 is 0. The van der Waals surface area contributed by atoms with Crippen molar-refractivity contribution in [1.82, 2.24) is 9.97 Å². The largest absolute Gasteiger partial charge is 0.364 e. The fraction of sp³-hybridized carbons (Fsp3) is 0.688. The van der Waals surface area contributed by atoms with Gasteiger partial charge < -0.3 is 5.32 Å². The summed E-state index contributed by atoms with van der Waals surface area (Å²) in [5.74, 6) is 2.16. The van der Waals surface area contributed by atoms with Crippen molar-refractivity contribution in [3.8, 4) is 6.07 Å². The van der Waals surface area contributed by atoms with Crippen LogP contribution < -0.4 is 5.32 Å². The van der Waals surface area contributed by atoms with Gasteiger partial charge in [-0.1, -0.05) is 25.7 Å². The molecule has 20 heavy (non-hydrogen) atoms. The third-order valence-corrected chi connectivity index (χ3v) is 4.92. The molecule has 2 aliphatic rings. The van der Waals surface area contributed by atoms with Gasteiger partial charge in [0.15, 0.2) is 11.5 Å². The Balaban J connectivity index is 1.80. The van der Waals surface area contributed by atoms with E-state index in [1.54, 1.807) is 12.4 Å². The molecule has 4 heteroatoms. The number of anilines is 1. The zero-order valence-electron chi connectivity index (χ0n) is 11.9. The molecule has 106 valence electrons. The first-order chi connectivity index (χ1) is 9.88. The van der Waals surface area contributed by atoms with E-state index in [1.807, 2.05) is 0 Å². The Morgan fingerprint density at radius 2 is 1.55 bits per heavy atom. The number of nitriles is 1. The molecule has 0 radical (unpaired) electrons. The van der Waals surface area contributed by atoms with Crippen molar-refractivity contribution in [3.05, 3.63) is 18.1 Å². The minimum absolute atomic E-state index is 0.425. The molecule has 1 aromatic rings. The van der Waals surface area contributed by atoms with Crippen LogP contribution in [-0.2, 0) is 0 Å². The zero-order chi connectivity index (χ0) is 13.8. The van der Waals surface area contributed by atoms with Crippen molar-refractivity contribution in [2.45, 2.75) is 57.4 Å². The van der Waals surface area contributed by atoms with E-state index < -0.39 is 0 Å². The van der Waals surface area contributed by atoms with Gasteiger partial charge in [0.05, 0.1) is 0 Å². The third kappa shape index (κ3) is 2.77. The maximum Gasteiger partial charge on any atom is 0.182 e. The monoisotopic (exact) mass is 270 g/mol. The molecule has 0 aliphatic heterocycles. The fourth-order valence-electron chi connectivity index (χ4n) is 3.94. The third-order valence-electron chi connectivity index (χ3n) is 4.92. The topological polar surface area (TPSA) is 61.6 Å². The highest BCUT2D eigenvalue weighted by Crippen LogP contribution is 2.38. The second kappa shape index (κ2) is 6.21. The molecular weight excluding hydrogens is 248 g/mol. The molecule has 0 amide bonds. The minimum atomic E-state index is 0.425. The normalized spacial score (nSPS) is 20.4. The van der Waals surface area contributed by atoms with Crippen molar-refractivity contribution in [2.24, 2.45) is 11.8 Å². The van der Waals surface area contributed by atoms with Gasteiger partial charge in [-0.15, -0.1) is 0 Å². The van der Waals surface area contributed by atoms with E-state index in [0.29, 0.717) is 17.6 Å². The second-order valence-corrected chi connectivity index (χ2v) is 6.12. The van der Waals surface area contributed by atoms with Gasteiger partial charge in [0, 0.05) is 18.4 Å². The van der Waals surface area contributed by atoms with Crippen LogP contribution in [0.15, 0.2) is 12.4 Å². The first kappa shape index (κ1) is 13.4. The summed E-state index contributed by atoms with van der Waals surface area (Å²) in [6, 6.07) is 2.62. The quantitative estimate of drug-likeness (QED) is 0.909. The van der Waals surface area contributed by atoms with E-state index in [-0.39, 0.29) is 0 Å². The molecule has 2 aliphatic carbocycles. The summed E-state index contributed by atoms with van der Waals surface area (Å²) in [6.07, 6.45) is 13.9. The molecule has 2 fully saturated rings. The highest BCUT2D eigenvalue weighted by Gasteiger charge is 2.33. The SMILES string of the molecule is N#Cc1nccnc1NC(C1CCCC1)C1CCCC1. The van der Waals surface area contributed by atoms with Crippen LogP contribution in [0.2, 0.25) is 0 Å². The Kier molecular flexibility index (Phi) is 4.15. The number of hydrogen-bond acceptors (Lipinski definition) is 4.